The molecule has 2 aromatic carbocycles. The summed E-state index contributed by atoms with van der Waals surface area (Å²) in [6, 6.07) is 9.62. The molecule has 0 aliphatic carbocycles. The summed E-state index contributed by atoms with van der Waals surface area (Å²) in [4.78, 5) is 11.6. The van der Waals surface area contributed by atoms with E-state index in [1.54, 1.807) is 19.1 Å². The number of carbonyl (C=O) groups is 1. The molecular formula is C18H17F3O6S. The Bertz CT molecular complexity index is 954. The summed E-state index contributed by atoms with van der Waals surface area (Å²) in [5, 5.41) is 9.65. The number of phenolic OH excluding ortho intramolecular Hbond substituents is 1. The number of rotatable bonds is 7. The Kier molecular flexibility index (Phi) is 6.55. The molecule has 0 aromatic heterocycles. The van der Waals surface area contributed by atoms with Crippen molar-refractivity contribution in [2.24, 2.45) is 0 Å². The third kappa shape index (κ3) is 5.38. The van der Waals surface area contributed by atoms with Crippen LogP contribution in [0, 0.1) is 0 Å². The summed E-state index contributed by atoms with van der Waals surface area (Å²) >= 11 is 0. The number of hydrogen-bond donors (Lipinski definition) is 1. The first kappa shape index (κ1) is 21.5. The number of alkyl halides is 3. The minimum absolute atomic E-state index is 0.0335. The van der Waals surface area contributed by atoms with Gasteiger partial charge in [-0.05, 0) is 54.3 Å². The fraction of sp³-hybridized carbons (Fsp3) is 0.278. The van der Waals surface area contributed by atoms with Crippen molar-refractivity contribution in [1.29, 1.82) is 0 Å². The van der Waals surface area contributed by atoms with Crippen LogP contribution in [0.2, 0.25) is 0 Å². The summed E-state index contributed by atoms with van der Waals surface area (Å²) in [6.45, 7) is 1.80. The number of esters is 1. The van der Waals surface area contributed by atoms with Crippen LogP contribution in [0.25, 0.3) is 11.1 Å². The van der Waals surface area contributed by atoms with Crippen LogP contribution in [0.1, 0.15) is 18.9 Å². The van der Waals surface area contributed by atoms with Crippen molar-refractivity contribution in [2.75, 3.05) is 6.61 Å². The first-order chi connectivity index (χ1) is 13.0. The van der Waals surface area contributed by atoms with E-state index in [1.165, 1.54) is 18.2 Å². The van der Waals surface area contributed by atoms with Gasteiger partial charge in [-0.3, -0.25) is 4.79 Å². The molecule has 0 spiro atoms. The third-order valence-corrected chi connectivity index (χ3v) is 4.61. The highest BCUT2D eigenvalue weighted by molar-refractivity contribution is 7.88. The minimum Gasteiger partial charge on any atom is -0.508 e. The second-order valence-corrected chi connectivity index (χ2v) is 7.20. The maximum absolute atomic E-state index is 12.5. The van der Waals surface area contributed by atoms with Crippen LogP contribution in [0.3, 0.4) is 0 Å². The number of halogens is 3. The lowest BCUT2D eigenvalue weighted by molar-refractivity contribution is -0.143. The first-order valence-electron chi connectivity index (χ1n) is 8.12. The van der Waals surface area contributed by atoms with Crippen LogP contribution in [-0.2, 0) is 26.1 Å². The van der Waals surface area contributed by atoms with E-state index < -0.39 is 27.3 Å². The zero-order valence-electron chi connectivity index (χ0n) is 14.7. The van der Waals surface area contributed by atoms with Gasteiger partial charge in [0, 0.05) is 6.42 Å². The number of benzene rings is 2. The fourth-order valence-electron chi connectivity index (χ4n) is 2.43. The Labute approximate surface area is 159 Å². The number of aromatic hydroxyl groups is 1. The van der Waals surface area contributed by atoms with Gasteiger partial charge in [0.25, 0.3) is 0 Å². The quantitative estimate of drug-likeness (QED) is 0.418. The fourth-order valence-corrected chi connectivity index (χ4v) is 2.88. The van der Waals surface area contributed by atoms with Gasteiger partial charge in [-0.25, -0.2) is 0 Å². The van der Waals surface area contributed by atoms with Crippen molar-refractivity contribution in [3.8, 4) is 22.6 Å². The molecule has 0 atom stereocenters. The monoisotopic (exact) mass is 418 g/mol. The Morgan fingerprint density at radius 3 is 2.46 bits per heavy atom. The van der Waals surface area contributed by atoms with Crippen molar-refractivity contribution >= 4 is 16.1 Å². The summed E-state index contributed by atoms with van der Waals surface area (Å²) in [7, 11) is -5.82. The Balaban J connectivity index is 2.41. The molecule has 152 valence electrons. The topological polar surface area (TPSA) is 89.9 Å². The van der Waals surface area contributed by atoms with Crippen LogP contribution in [-0.4, -0.2) is 31.6 Å². The van der Waals surface area contributed by atoms with E-state index >= 15 is 0 Å². The zero-order chi connectivity index (χ0) is 20.9. The standard InChI is InChI=1S/C18H17F3O6S/c1-2-26-17(23)9-6-13-11-15(27-28(24,25)18(19,20)21)7-8-16(13)12-4-3-5-14(22)10-12/h3-5,7-8,10-11,22H,2,6,9H2,1H3. The molecule has 0 aliphatic rings. The van der Waals surface area contributed by atoms with E-state index in [0.717, 1.165) is 12.1 Å². The predicted octanol–water partition coefficient (Wildman–Crippen LogP) is 3.78. The number of hydrogen-bond acceptors (Lipinski definition) is 6. The molecule has 0 radical (unpaired) electrons. The lowest BCUT2D eigenvalue weighted by Gasteiger charge is -2.14. The van der Waals surface area contributed by atoms with Gasteiger partial charge in [-0.15, -0.1) is 0 Å². The Morgan fingerprint density at radius 1 is 1.14 bits per heavy atom. The molecule has 2 aromatic rings. The van der Waals surface area contributed by atoms with Gasteiger partial charge in [0.15, 0.2) is 0 Å². The summed E-state index contributed by atoms with van der Waals surface area (Å²) in [6.07, 6.45) is -0.0117. The number of phenols is 1. The molecule has 0 aliphatic heterocycles. The average Bonchev–Trinajstić information content (AvgIpc) is 2.59. The molecule has 0 unspecified atom stereocenters. The largest absolute Gasteiger partial charge is 0.534 e. The molecule has 0 bridgehead atoms. The van der Waals surface area contributed by atoms with Crippen LogP contribution in [0.15, 0.2) is 42.5 Å². The molecule has 10 heteroatoms. The number of ether oxygens (including phenoxy) is 1. The lowest BCUT2D eigenvalue weighted by Crippen LogP contribution is -2.28. The van der Waals surface area contributed by atoms with E-state index in [0.29, 0.717) is 16.7 Å². The highest BCUT2D eigenvalue weighted by atomic mass is 32.2. The maximum Gasteiger partial charge on any atom is 0.534 e. The summed E-state index contributed by atoms with van der Waals surface area (Å²) in [5.41, 5.74) is -4.18. The van der Waals surface area contributed by atoms with Crippen molar-refractivity contribution in [2.45, 2.75) is 25.3 Å². The van der Waals surface area contributed by atoms with Gasteiger partial charge in [0.2, 0.25) is 0 Å². The van der Waals surface area contributed by atoms with Crippen molar-refractivity contribution in [1.82, 2.24) is 0 Å². The SMILES string of the molecule is CCOC(=O)CCc1cc(OS(=O)(=O)C(F)(F)F)ccc1-c1cccc(O)c1. The molecule has 1 N–H and O–H groups in total. The Hall–Kier alpha value is -2.75. The van der Waals surface area contributed by atoms with Crippen molar-refractivity contribution in [3.63, 3.8) is 0 Å². The summed E-state index contributed by atoms with van der Waals surface area (Å²) in [5.74, 6) is -1.09. The van der Waals surface area contributed by atoms with Crippen molar-refractivity contribution in [3.05, 3.63) is 48.0 Å². The zero-order valence-corrected chi connectivity index (χ0v) is 15.5. The third-order valence-electron chi connectivity index (χ3n) is 3.63. The van der Waals surface area contributed by atoms with E-state index in [9.17, 15) is 31.5 Å². The van der Waals surface area contributed by atoms with Gasteiger partial charge < -0.3 is 14.0 Å². The normalized spacial score (nSPS) is 11.9. The second-order valence-electron chi connectivity index (χ2n) is 5.66. The smallest absolute Gasteiger partial charge is 0.508 e. The Morgan fingerprint density at radius 2 is 1.86 bits per heavy atom. The van der Waals surface area contributed by atoms with Gasteiger partial charge in [-0.1, -0.05) is 18.2 Å². The van der Waals surface area contributed by atoms with E-state index in [4.69, 9.17) is 4.74 Å². The van der Waals surface area contributed by atoms with Gasteiger partial charge >= 0.3 is 21.6 Å². The minimum atomic E-state index is -5.82. The number of carbonyl (C=O) groups excluding carboxylic acids is 1. The highest BCUT2D eigenvalue weighted by Crippen LogP contribution is 2.33. The summed E-state index contributed by atoms with van der Waals surface area (Å²) < 4.78 is 69.1. The van der Waals surface area contributed by atoms with E-state index in [2.05, 4.69) is 4.18 Å². The van der Waals surface area contributed by atoms with Crippen LogP contribution in [0.5, 0.6) is 11.5 Å². The molecule has 28 heavy (non-hydrogen) atoms. The van der Waals surface area contributed by atoms with Crippen molar-refractivity contribution < 1.29 is 40.4 Å². The number of aryl methyl sites for hydroxylation is 1. The predicted molar refractivity (Wildman–Crippen MR) is 94.1 cm³/mol. The molecule has 0 saturated heterocycles. The molecule has 0 amide bonds. The highest BCUT2D eigenvalue weighted by Gasteiger charge is 2.48. The molecular weight excluding hydrogens is 401 g/mol. The second kappa shape index (κ2) is 8.51. The molecule has 0 saturated carbocycles. The average molecular weight is 418 g/mol. The molecule has 0 fully saturated rings. The molecule has 0 heterocycles. The van der Waals surface area contributed by atoms with Crippen LogP contribution in [0.4, 0.5) is 13.2 Å². The van der Waals surface area contributed by atoms with Crippen LogP contribution >= 0.6 is 0 Å². The molecule has 6 nitrogen and oxygen atoms in total. The van der Waals surface area contributed by atoms with Gasteiger partial charge in [0.1, 0.15) is 11.5 Å². The first-order valence-corrected chi connectivity index (χ1v) is 9.53. The van der Waals surface area contributed by atoms with E-state index in [1.807, 2.05) is 0 Å². The van der Waals surface area contributed by atoms with Gasteiger partial charge in [0.05, 0.1) is 6.61 Å². The lowest BCUT2D eigenvalue weighted by atomic mass is 9.96. The van der Waals surface area contributed by atoms with E-state index in [-0.39, 0.29) is 25.2 Å². The maximum atomic E-state index is 12.5. The molecule has 2 rings (SSSR count). The van der Waals surface area contributed by atoms with Crippen LogP contribution < -0.4 is 4.18 Å². The van der Waals surface area contributed by atoms with Gasteiger partial charge in [-0.2, -0.15) is 21.6 Å².